The van der Waals surface area contributed by atoms with Gasteiger partial charge < -0.3 is 15.1 Å². The van der Waals surface area contributed by atoms with Crippen molar-refractivity contribution in [2.24, 2.45) is 4.99 Å². The van der Waals surface area contributed by atoms with Gasteiger partial charge in [-0.05, 0) is 35.4 Å². The molecule has 0 aliphatic heterocycles. The second-order valence-corrected chi connectivity index (χ2v) is 8.81. The molecule has 168 valence electrons. The van der Waals surface area contributed by atoms with Gasteiger partial charge >= 0.3 is 0 Å². The quantitative estimate of drug-likeness (QED) is 0.219. The van der Waals surface area contributed by atoms with Crippen molar-refractivity contribution in [2.45, 2.75) is 18.7 Å². The zero-order valence-electron chi connectivity index (χ0n) is 17.1. The van der Waals surface area contributed by atoms with Crippen LogP contribution in [0.25, 0.3) is 11.6 Å². The summed E-state index contributed by atoms with van der Waals surface area (Å²) in [6.07, 6.45) is 3.27. The molecule has 2 aromatic heterocycles. The first-order valence-corrected chi connectivity index (χ1v) is 11.2. The summed E-state index contributed by atoms with van der Waals surface area (Å²) in [5, 5.41) is 13.2. The van der Waals surface area contributed by atoms with E-state index >= 15 is 0 Å². The molecule has 0 unspecified atom stereocenters. The van der Waals surface area contributed by atoms with E-state index in [9.17, 15) is 12.8 Å². The Balaban J connectivity index is 0.00000341. The number of aromatic nitrogens is 3. The molecule has 3 N–H and O–H groups in total. The first-order chi connectivity index (χ1) is 14.3. The Morgan fingerprint density at radius 3 is 2.74 bits per heavy atom. The molecule has 0 atom stereocenters. The van der Waals surface area contributed by atoms with Gasteiger partial charge in [0.1, 0.15) is 11.6 Å². The molecule has 0 aliphatic carbocycles. The van der Waals surface area contributed by atoms with Crippen molar-refractivity contribution in [2.75, 3.05) is 19.8 Å². The second-order valence-electron chi connectivity index (χ2n) is 6.67. The number of sulfone groups is 1. The number of benzene rings is 1. The van der Waals surface area contributed by atoms with Gasteiger partial charge in [0.05, 0.1) is 12.0 Å². The van der Waals surface area contributed by atoms with Crippen molar-refractivity contribution in [1.29, 1.82) is 0 Å². The molecule has 0 saturated carbocycles. The molecule has 0 saturated heterocycles. The maximum Gasteiger partial charge on any atom is 0.216 e. The number of nitrogens with one attached hydrogen (secondary N) is 3. The van der Waals surface area contributed by atoms with Gasteiger partial charge in [-0.15, -0.1) is 24.0 Å². The fourth-order valence-electron chi connectivity index (χ4n) is 2.80. The smallest absolute Gasteiger partial charge is 0.216 e. The Morgan fingerprint density at radius 1 is 1.26 bits per heavy atom. The number of rotatable bonds is 8. The largest absolute Gasteiger partial charge is 0.461 e. The highest BCUT2D eigenvalue weighted by atomic mass is 127. The van der Waals surface area contributed by atoms with Crippen LogP contribution in [0.1, 0.15) is 17.0 Å². The van der Waals surface area contributed by atoms with Gasteiger partial charge in [-0.2, -0.15) is 5.10 Å². The predicted molar refractivity (Wildman–Crippen MR) is 126 cm³/mol. The number of furan rings is 1. The van der Waals surface area contributed by atoms with Crippen LogP contribution >= 0.6 is 24.0 Å². The number of aliphatic imine (C=N–C) groups is 1. The highest BCUT2D eigenvalue weighted by molar-refractivity contribution is 14.0. The molecular weight excluding hydrogens is 538 g/mol. The predicted octanol–water partition coefficient (Wildman–Crippen LogP) is 2.27. The lowest BCUT2D eigenvalue weighted by Gasteiger charge is -2.14. The zero-order valence-corrected chi connectivity index (χ0v) is 20.2. The van der Waals surface area contributed by atoms with Gasteiger partial charge in [0.25, 0.3) is 0 Å². The van der Waals surface area contributed by atoms with Crippen molar-refractivity contribution in [3.05, 3.63) is 59.4 Å². The molecule has 0 amide bonds. The van der Waals surface area contributed by atoms with Crippen LogP contribution in [0.2, 0.25) is 0 Å². The fraction of sp³-hybridized carbons (Fsp3) is 0.316. The third kappa shape index (κ3) is 7.61. The van der Waals surface area contributed by atoms with Crippen molar-refractivity contribution < 1.29 is 17.2 Å². The third-order valence-corrected chi connectivity index (χ3v) is 5.02. The van der Waals surface area contributed by atoms with E-state index in [0.717, 1.165) is 6.26 Å². The van der Waals surface area contributed by atoms with Crippen LogP contribution in [0.4, 0.5) is 4.39 Å². The van der Waals surface area contributed by atoms with Gasteiger partial charge in [0, 0.05) is 32.8 Å². The molecular formula is C19H24FIN6O3S. The highest BCUT2D eigenvalue weighted by Gasteiger charge is 2.12. The van der Waals surface area contributed by atoms with Crippen molar-refractivity contribution in [3.63, 3.8) is 0 Å². The van der Waals surface area contributed by atoms with Crippen LogP contribution in [0, 0.1) is 5.82 Å². The molecule has 12 heteroatoms. The molecule has 0 radical (unpaired) electrons. The van der Waals surface area contributed by atoms with Gasteiger partial charge in [0.15, 0.2) is 21.6 Å². The molecule has 0 fully saturated rings. The summed E-state index contributed by atoms with van der Waals surface area (Å²) < 4.78 is 42.1. The van der Waals surface area contributed by atoms with E-state index in [2.05, 4.69) is 30.8 Å². The van der Waals surface area contributed by atoms with Crippen LogP contribution < -0.4 is 10.6 Å². The van der Waals surface area contributed by atoms with E-state index < -0.39 is 15.7 Å². The Kier molecular flexibility index (Phi) is 8.98. The second kappa shape index (κ2) is 11.2. The summed E-state index contributed by atoms with van der Waals surface area (Å²) in [4.78, 5) is 8.49. The summed E-state index contributed by atoms with van der Waals surface area (Å²) in [5.41, 5.74) is 1.11. The summed E-state index contributed by atoms with van der Waals surface area (Å²) in [6.45, 7) is 0.749. The minimum atomic E-state index is -3.23. The van der Waals surface area contributed by atoms with Crippen LogP contribution in [-0.2, 0) is 28.6 Å². The lowest BCUT2D eigenvalue weighted by molar-refractivity contribution is 0.577. The summed E-state index contributed by atoms with van der Waals surface area (Å²) >= 11 is 0. The van der Waals surface area contributed by atoms with Crippen molar-refractivity contribution in [3.8, 4) is 11.6 Å². The monoisotopic (exact) mass is 562 g/mol. The van der Waals surface area contributed by atoms with E-state index in [4.69, 9.17) is 4.42 Å². The van der Waals surface area contributed by atoms with Crippen molar-refractivity contribution in [1.82, 2.24) is 25.8 Å². The fourth-order valence-corrected chi connectivity index (χ4v) is 3.65. The summed E-state index contributed by atoms with van der Waals surface area (Å²) in [5.74, 6) is 1.68. The zero-order chi connectivity index (χ0) is 21.6. The number of aromatic amines is 1. The Morgan fingerprint density at radius 2 is 2.06 bits per heavy atom. The topological polar surface area (TPSA) is 125 Å². The van der Waals surface area contributed by atoms with E-state index in [-0.39, 0.29) is 36.3 Å². The van der Waals surface area contributed by atoms with Crippen LogP contribution in [-0.4, -0.2) is 49.4 Å². The first kappa shape index (κ1) is 24.8. The van der Waals surface area contributed by atoms with E-state index in [0.29, 0.717) is 47.5 Å². The minimum absolute atomic E-state index is 0. The highest BCUT2D eigenvalue weighted by Crippen LogP contribution is 2.15. The van der Waals surface area contributed by atoms with Gasteiger partial charge in [0.2, 0.25) is 5.82 Å². The standard InChI is InChI=1S/C19H23FN6O3S.HI/c1-21-19(22-8-7-17-24-18(26-25-17)16-4-3-9-29-16)23-11-14-10-15(20)6-5-13(14)12-30(2,27)28;/h3-6,9-10H,7-8,11-12H2,1-2H3,(H2,21,22,23)(H,24,25,26);1H. The van der Waals surface area contributed by atoms with Crippen LogP contribution in [0.3, 0.4) is 0 Å². The van der Waals surface area contributed by atoms with Crippen LogP contribution in [0.15, 0.2) is 46.0 Å². The van der Waals surface area contributed by atoms with Gasteiger partial charge in [-0.3, -0.25) is 10.1 Å². The molecule has 1 aromatic carbocycles. The number of hydrogen-bond donors (Lipinski definition) is 3. The normalized spacial score (nSPS) is 11.8. The van der Waals surface area contributed by atoms with E-state index in [1.165, 1.54) is 18.2 Å². The Bertz CT molecular complexity index is 1120. The minimum Gasteiger partial charge on any atom is -0.461 e. The maximum absolute atomic E-state index is 13.6. The Hall–Kier alpha value is -2.48. The number of halogens is 2. The van der Waals surface area contributed by atoms with Crippen molar-refractivity contribution >= 4 is 39.8 Å². The van der Waals surface area contributed by atoms with E-state index in [1.807, 2.05) is 0 Å². The molecule has 3 rings (SSSR count). The lowest BCUT2D eigenvalue weighted by Crippen LogP contribution is -2.38. The van der Waals surface area contributed by atoms with Gasteiger partial charge in [-0.1, -0.05) is 6.07 Å². The average Bonchev–Trinajstić information content (AvgIpc) is 3.37. The summed E-state index contributed by atoms with van der Waals surface area (Å²) in [7, 11) is -1.62. The third-order valence-electron chi connectivity index (χ3n) is 4.18. The Labute approximate surface area is 196 Å². The summed E-state index contributed by atoms with van der Waals surface area (Å²) in [6, 6.07) is 7.62. The number of H-pyrrole nitrogens is 1. The number of hydrogen-bond acceptors (Lipinski definition) is 6. The SMILES string of the molecule is CN=C(NCCc1nc(-c2ccco2)n[nH]1)NCc1cc(F)ccc1CS(C)(=O)=O.I. The van der Waals surface area contributed by atoms with Crippen LogP contribution in [0.5, 0.6) is 0 Å². The maximum atomic E-state index is 13.6. The lowest BCUT2D eigenvalue weighted by atomic mass is 10.1. The molecule has 0 bridgehead atoms. The van der Waals surface area contributed by atoms with Gasteiger partial charge in [-0.25, -0.2) is 17.8 Å². The molecule has 9 nitrogen and oxygen atoms in total. The van der Waals surface area contributed by atoms with E-state index in [1.54, 1.807) is 25.4 Å². The number of guanidine groups is 1. The molecule has 2 heterocycles. The average molecular weight is 562 g/mol. The number of nitrogens with zero attached hydrogens (tertiary/aromatic N) is 3. The molecule has 0 aliphatic rings. The molecule has 31 heavy (non-hydrogen) atoms. The first-order valence-electron chi connectivity index (χ1n) is 9.19. The molecule has 0 spiro atoms. The molecule has 3 aromatic rings.